The monoisotopic (exact) mass is 287 g/mol. The van der Waals surface area contributed by atoms with Crippen LogP contribution >= 0.6 is 11.6 Å². The van der Waals surface area contributed by atoms with E-state index in [2.05, 4.69) is 5.32 Å². The molecule has 2 nitrogen and oxygen atoms in total. The van der Waals surface area contributed by atoms with Gasteiger partial charge >= 0.3 is 0 Å². The minimum Gasteiger partial charge on any atom is -0.379 e. The van der Waals surface area contributed by atoms with E-state index in [9.17, 15) is 4.39 Å². The Morgan fingerprint density at radius 3 is 2.63 bits per heavy atom. The summed E-state index contributed by atoms with van der Waals surface area (Å²) < 4.78 is 18.8. The van der Waals surface area contributed by atoms with E-state index >= 15 is 0 Å². The van der Waals surface area contributed by atoms with Crippen LogP contribution in [0.2, 0.25) is 5.02 Å². The SMILES string of the molecule is CC(C)OCCCCNC(C)c1ccc(Cl)c(F)c1. The number of hydrogen-bond donors (Lipinski definition) is 1. The predicted molar refractivity (Wildman–Crippen MR) is 78.1 cm³/mol. The Kier molecular flexibility index (Phi) is 7.36. The smallest absolute Gasteiger partial charge is 0.142 e. The fourth-order valence-electron chi connectivity index (χ4n) is 1.76. The van der Waals surface area contributed by atoms with Crippen molar-refractivity contribution in [3.05, 3.63) is 34.6 Å². The summed E-state index contributed by atoms with van der Waals surface area (Å²) >= 11 is 5.66. The second-order valence-electron chi connectivity index (χ2n) is 4.98. The first-order valence-corrected chi connectivity index (χ1v) is 7.18. The molecule has 0 aliphatic carbocycles. The minimum absolute atomic E-state index is 0.123. The molecular formula is C15H23ClFNO. The summed E-state index contributed by atoms with van der Waals surface area (Å²) in [6.07, 6.45) is 2.38. The molecule has 0 heterocycles. The van der Waals surface area contributed by atoms with Gasteiger partial charge in [0.1, 0.15) is 5.82 Å². The van der Waals surface area contributed by atoms with E-state index < -0.39 is 0 Å². The Hall–Kier alpha value is -0.640. The van der Waals surface area contributed by atoms with E-state index in [4.69, 9.17) is 16.3 Å². The maximum absolute atomic E-state index is 13.3. The van der Waals surface area contributed by atoms with Crippen LogP contribution in [0.1, 0.15) is 45.2 Å². The molecule has 0 spiro atoms. The highest BCUT2D eigenvalue weighted by molar-refractivity contribution is 6.30. The lowest BCUT2D eigenvalue weighted by Gasteiger charge is -2.15. The van der Waals surface area contributed by atoms with Gasteiger partial charge in [-0.2, -0.15) is 0 Å². The van der Waals surface area contributed by atoms with Gasteiger partial charge in [-0.05, 0) is 57.9 Å². The molecule has 0 fully saturated rings. The van der Waals surface area contributed by atoms with Crippen molar-refractivity contribution in [2.45, 2.75) is 45.8 Å². The van der Waals surface area contributed by atoms with Gasteiger partial charge in [-0.1, -0.05) is 17.7 Å². The lowest BCUT2D eigenvalue weighted by Crippen LogP contribution is -2.20. The van der Waals surface area contributed by atoms with Crippen LogP contribution in [0.3, 0.4) is 0 Å². The minimum atomic E-state index is -0.363. The zero-order valence-electron chi connectivity index (χ0n) is 11.9. The molecule has 0 aromatic heterocycles. The van der Waals surface area contributed by atoms with Crippen LogP contribution in [-0.4, -0.2) is 19.3 Å². The number of rotatable bonds is 8. The molecule has 1 aromatic carbocycles. The Balaban J connectivity index is 2.23. The lowest BCUT2D eigenvalue weighted by atomic mass is 10.1. The Morgan fingerprint density at radius 1 is 1.26 bits per heavy atom. The Labute approximate surface area is 120 Å². The summed E-state index contributed by atoms with van der Waals surface area (Å²) in [7, 11) is 0. The van der Waals surface area contributed by atoms with Crippen molar-refractivity contribution in [3.63, 3.8) is 0 Å². The van der Waals surface area contributed by atoms with Crippen molar-refractivity contribution in [1.29, 1.82) is 0 Å². The maximum atomic E-state index is 13.3. The van der Waals surface area contributed by atoms with Crippen LogP contribution < -0.4 is 5.32 Å². The predicted octanol–water partition coefficient (Wildman–Crippen LogP) is 4.33. The van der Waals surface area contributed by atoms with Crippen molar-refractivity contribution >= 4 is 11.6 Å². The van der Waals surface area contributed by atoms with Gasteiger partial charge in [0.2, 0.25) is 0 Å². The zero-order valence-corrected chi connectivity index (χ0v) is 12.6. The highest BCUT2D eigenvalue weighted by atomic mass is 35.5. The quantitative estimate of drug-likeness (QED) is 0.718. The third-order valence-electron chi connectivity index (χ3n) is 2.92. The average Bonchev–Trinajstić information content (AvgIpc) is 2.36. The first-order valence-electron chi connectivity index (χ1n) is 6.80. The van der Waals surface area contributed by atoms with E-state index in [0.717, 1.165) is 31.6 Å². The second-order valence-corrected chi connectivity index (χ2v) is 5.38. The van der Waals surface area contributed by atoms with Crippen LogP contribution in [0.25, 0.3) is 0 Å². The molecule has 19 heavy (non-hydrogen) atoms. The number of unbranched alkanes of at least 4 members (excludes halogenated alkanes) is 1. The second kappa shape index (κ2) is 8.51. The molecule has 108 valence electrons. The first kappa shape index (κ1) is 16.4. The van der Waals surface area contributed by atoms with E-state index in [-0.39, 0.29) is 16.9 Å². The summed E-state index contributed by atoms with van der Waals surface area (Å²) in [5.74, 6) is -0.363. The molecule has 0 aliphatic heterocycles. The molecule has 4 heteroatoms. The molecule has 1 rings (SSSR count). The first-order chi connectivity index (χ1) is 9.00. The highest BCUT2D eigenvalue weighted by Gasteiger charge is 2.07. The maximum Gasteiger partial charge on any atom is 0.142 e. The van der Waals surface area contributed by atoms with Crippen molar-refractivity contribution in [2.24, 2.45) is 0 Å². The Morgan fingerprint density at radius 2 is 2.00 bits per heavy atom. The molecule has 1 unspecified atom stereocenters. The van der Waals surface area contributed by atoms with Crippen LogP contribution in [0.4, 0.5) is 4.39 Å². The summed E-state index contributed by atoms with van der Waals surface area (Å²) in [6, 6.07) is 5.06. The normalized spacial score (nSPS) is 12.9. The van der Waals surface area contributed by atoms with Gasteiger partial charge in [0, 0.05) is 12.6 Å². The average molecular weight is 288 g/mol. The number of nitrogens with one attached hydrogen (secondary N) is 1. The zero-order chi connectivity index (χ0) is 14.3. The summed E-state index contributed by atoms with van der Waals surface area (Å²) in [5.41, 5.74) is 0.917. The van der Waals surface area contributed by atoms with Crippen LogP contribution in [-0.2, 0) is 4.74 Å². The number of benzene rings is 1. The van der Waals surface area contributed by atoms with Gasteiger partial charge < -0.3 is 10.1 Å². The molecule has 0 saturated heterocycles. The third kappa shape index (κ3) is 6.37. The summed E-state index contributed by atoms with van der Waals surface area (Å²) in [4.78, 5) is 0. The third-order valence-corrected chi connectivity index (χ3v) is 3.22. The standard InChI is InChI=1S/C15H23ClFNO/c1-11(2)19-9-5-4-8-18-12(3)13-6-7-14(16)15(17)10-13/h6-7,10-12,18H,4-5,8-9H2,1-3H3. The van der Waals surface area contributed by atoms with E-state index in [1.165, 1.54) is 6.07 Å². The van der Waals surface area contributed by atoms with Gasteiger partial charge in [-0.25, -0.2) is 4.39 Å². The van der Waals surface area contributed by atoms with Crippen LogP contribution in [0.15, 0.2) is 18.2 Å². The largest absolute Gasteiger partial charge is 0.379 e. The summed E-state index contributed by atoms with van der Waals surface area (Å²) in [5, 5.41) is 3.54. The molecule has 0 amide bonds. The van der Waals surface area contributed by atoms with Gasteiger partial charge in [0.05, 0.1) is 11.1 Å². The van der Waals surface area contributed by atoms with Crippen LogP contribution in [0, 0.1) is 5.82 Å². The lowest BCUT2D eigenvalue weighted by molar-refractivity contribution is 0.0759. The molecule has 0 bridgehead atoms. The van der Waals surface area contributed by atoms with E-state index in [1.54, 1.807) is 6.07 Å². The molecular weight excluding hydrogens is 265 g/mol. The van der Waals surface area contributed by atoms with Gasteiger partial charge in [0.25, 0.3) is 0 Å². The molecule has 0 radical (unpaired) electrons. The van der Waals surface area contributed by atoms with E-state index in [1.807, 2.05) is 26.8 Å². The van der Waals surface area contributed by atoms with E-state index in [0.29, 0.717) is 6.10 Å². The van der Waals surface area contributed by atoms with Gasteiger partial charge in [-0.15, -0.1) is 0 Å². The highest BCUT2D eigenvalue weighted by Crippen LogP contribution is 2.19. The van der Waals surface area contributed by atoms with Crippen LogP contribution in [0.5, 0.6) is 0 Å². The van der Waals surface area contributed by atoms with Crippen molar-refractivity contribution in [2.75, 3.05) is 13.2 Å². The van der Waals surface area contributed by atoms with Crippen molar-refractivity contribution in [1.82, 2.24) is 5.32 Å². The number of ether oxygens (including phenoxy) is 1. The fourth-order valence-corrected chi connectivity index (χ4v) is 1.88. The number of hydrogen-bond acceptors (Lipinski definition) is 2. The van der Waals surface area contributed by atoms with Crippen molar-refractivity contribution in [3.8, 4) is 0 Å². The molecule has 1 atom stereocenters. The molecule has 1 N–H and O–H groups in total. The topological polar surface area (TPSA) is 21.3 Å². The Bertz CT molecular complexity index is 384. The van der Waals surface area contributed by atoms with Gasteiger partial charge in [-0.3, -0.25) is 0 Å². The summed E-state index contributed by atoms with van der Waals surface area (Å²) in [6.45, 7) is 7.79. The fraction of sp³-hybridized carbons (Fsp3) is 0.600. The van der Waals surface area contributed by atoms with Gasteiger partial charge in [0.15, 0.2) is 0 Å². The van der Waals surface area contributed by atoms with Crippen molar-refractivity contribution < 1.29 is 9.13 Å². The molecule has 1 aromatic rings. The number of halogens is 2. The molecule has 0 aliphatic rings. The molecule has 0 saturated carbocycles.